The van der Waals surface area contributed by atoms with Gasteiger partial charge in [-0.15, -0.1) is 0 Å². The smallest absolute Gasteiger partial charge is 0.170 e. The lowest BCUT2D eigenvalue weighted by Gasteiger charge is -2.25. The van der Waals surface area contributed by atoms with Gasteiger partial charge in [0.1, 0.15) is 11.9 Å². The fraction of sp³-hybridized carbons (Fsp3) is 0.133. The van der Waals surface area contributed by atoms with Gasteiger partial charge in [0.15, 0.2) is 5.78 Å². The first kappa shape index (κ1) is 12.7. The number of halogens is 2. The molecule has 96 valence electrons. The first-order valence-corrected chi connectivity index (χ1v) is 7.05. The lowest BCUT2D eigenvalue weighted by atomic mass is 9.96. The number of hydrogen-bond acceptors (Lipinski definition) is 2. The Labute approximate surface area is 124 Å². The van der Waals surface area contributed by atoms with Crippen molar-refractivity contribution in [2.45, 2.75) is 12.5 Å². The van der Waals surface area contributed by atoms with E-state index in [-0.39, 0.29) is 11.9 Å². The van der Waals surface area contributed by atoms with Gasteiger partial charge in [0.25, 0.3) is 0 Å². The van der Waals surface area contributed by atoms with Gasteiger partial charge in [-0.1, -0.05) is 39.7 Å². The maximum Gasteiger partial charge on any atom is 0.170 e. The second kappa shape index (κ2) is 4.99. The molecule has 2 aromatic carbocycles. The van der Waals surface area contributed by atoms with Crippen molar-refractivity contribution in [2.75, 3.05) is 0 Å². The molecule has 0 bridgehead atoms. The van der Waals surface area contributed by atoms with E-state index in [2.05, 4.69) is 15.9 Å². The van der Waals surface area contributed by atoms with Crippen LogP contribution in [0.4, 0.5) is 0 Å². The zero-order chi connectivity index (χ0) is 13.4. The van der Waals surface area contributed by atoms with Gasteiger partial charge in [0.05, 0.1) is 12.0 Å². The van der Waals surface area contributed by atoms with E-state index >= 15 is 0 Å². The molecule has 0 spiro atoms. The van der Waals surface area contributed by atoms with Crippen molar-refractivity contribution >= 4 is 33.3 Å². The van der Waals surface area contributed by atoms with E-state index in [1.807, 2.05) is 30.3 Å². The largest absolute Gasteiger partial charge is 0.484 e. The van der Waals surface area contributed by atoms with Gasteiger partial charge in [0.2, 0.25) is 0 Å². The molecule has 0 radical (unpaired) electrons. The molecule has 1 aliphatic heterocycles. The molecule has 2 nitrogen and oxygen atoms in total. The van der Waals surface area contributed by atoms with Crippen LogP contribution in [0.25, 0.3) is 0 Å². The molecule has 0 N–H and O–H groups in total. The van der Waals surface area contributed by atoms with Crippen molar-refractivity contribution in [1.29, 1.82) is 0 Å². The molecule has 0 fully saturated rings. The third-order valence-electron chi connectivity index (χ3n) is 3.10. The molecule has 2 aromatic rings. The van der Waals surface area contributed by atoms with Gasteiger partial charge in [-0.2, -0.15) is 0 Å². The van der Waals surface area contributed by atoms with E-state index in [9.17, 15) is 4.79 Å². The third kappa shape index (κ3) is 2.53. The maximum atomic E-state index is 12.1. The quantitative estimate of drug-likeness (QED) is 0.746. The molecule has 19 heavy (non-hydrogen) atoms. The van der Waals surface area contributed by atoms with Crippen LogP contribution in [0.15, 0.2) is 46.9 Å². The van der Waals surface area contributed by atoms with Crippen LogP contribution in [-0.2, 0) is 0 Å². The number of ether oxygens (including phenoxy) is 1. The molecular weight excluding hydrogens is 328 g/mol. The summed E-state index contributed by atoms with van der Waals surface area (Å²) in [5.74, 6) is 0.717. The Bertz CT molecular complexity index is 654. The summed E-state index contributed by atoms with van der Waals surface area (Å²) in [6, 6.07) is 12.9. The fourth-order valence-corrected chi connectivity index (χ4v) is 2.73. The van der Waals surface area contributed by atoms with Crippen molar-refractivity contribution in [3.8, 4) is 5.75 Å². The molecule has 0 saturated heterocycles. The van der Waals surface area contributed by atoms with Crippen LogP contribution in [-0.4, -0.2) is 5.78 Å². The molecule has 0 amide bonds. The third-order valence-corrected chi connectivity index (χ3v) is 3.83. The average Bonchev–Trinajstić information content (AvgIpc) is 2.38. The minimum atomic E-state index is -0.270. The molecule has 1 heterocycles. The van der Waals surface area contributed by atoms with Gasteiger partial charge >= 0.3 is 0 Å². The second-order valence-corrected chi connectivity index (χ2v) is 5.78. The molecule has 0 aliphatic carbocycles. The van der Waals surface area contributed by atoms with Gasteiger partial charge in [0, 0.05) is 9.50 Å². The Morgan fingerprint density at radius 1 is 1.21 bits per heavy atom. The van der Waals surface area contributed by atoms with E-state index in [0.29, 0.717) is 22.8 Å². The molecule has 1 unspecified atom stereocenters. The highest BCUT2D eigenvalue weighted by Gasteiger charge is 2.27. The molecular formula is C15H10BrClO2. The number of fused-ring (bicyclic) bond motifs is 1. The highest BCUT2D eigenvalue weighted by molar-refractivity contribution is 9.10. The normalized spacial score (nSPS) is 17.8. The summed E-state index contributed by atoms with van der Waals surface area (Å²) in [6.07, 6.45) is 0.0719. The van der Waals surface area contributed by atoms with Crippen LogP contribution < -0.4 is 4.74 Å². The monoisotopic (exact) mass is 336 g/mol. The maximum absolute atomic E-state index is 12.1. The first-order valence-electron chi connectivity index (χ1n) is 5.88. The van der Waals surface area contributed by atoms with Gasteiger partial charge in [-0.3, -0.25) is 4.79 Å². The number of ketones is 1. The zero-order valence-corrected chi connectivity index (χ0v) is 12.2. The summed E-state index contributed by atoms with van der Waals surface area (Å²) in [5, 5.41) is 0.647. The second-order valence-electron chi connectivity index (χ2n) is 4.43. The van der Waals surface area contributed by atoms with Gasteiger partial charge in [-0.05, 0) is 35.9 Å². The van der Waals surface area contributed by atoms with Crippen molar-refractivity contribution in [3.63, 3.8) is 0 Å². The molecule has 4 heteroatoms. The topological polar surface area (TPSA) is 26.3 Å². The van der Waals surface area contributed by atoms with E-state index in [1.54, 1.807) is 12.1 Å². The predicted molar refractivity (Wildman–Crippen MR) is 77.9 cm³/mol. The van der Waals surface area contributed by atoms with Gasteiger partial charge in [-0.25, -0.2) is 0 Å². The van der Waals surface area contributed by atoms with Crippen LogP contribution in [0.2, 0.25) is 5.02 Å². The number of Topliss-reactive ketones (excluding diaryl/α,β-unsaturated/α-hetero) is 1. The zero-order valence-electron chi connectivity index (χ0n) is 9.90. The van der Waals surface area contributed by atoms with Crippen LogP contribution in [0, 0.1) is 0 Å². The molecule has 3 rings (SSSR count). The number of rotatable bonds is 1. The number of carbonyl (C=O) groups is 1. The molecule has 1 atom stereocenters. The molecule has 0 aromatic heterocycles. The average molecular weight is 338 g/mol. The standard InChI is InChI=1S/C15H10BrClO2/c16-10-4-5-12-13(18)8-14(19-15(12)7-10)9-2-1-3-11(17)6-9/h1-7,14H,8H2. The summed E-state index contributed by atoms with van der Waals surface area (Å²) in [7, 11) is 0. The van der Waals surface area contributed by atoms with Crippen LogP contribution >= 0.6 is 27.5 Å². The van der Waals surface area contributed by atoms with Crippen molar-refractivity contribution in [3.05, 3.63) is 63.1 Å². The highest BCUT2D eigenvalue weighted by atomic mass is 79.9. The Balaban J connectivity index is 1.98. The van der Waals surface area contributed by atoms with E-state index in [0.717, 1.165) is 10.0 Å². The molecule has 0 saturated carbocycles. The lowest BCUT2D eigenvalue weighted by Crippen LogP contribution is -2.20. The minimum Gasteiger partial charge on any atom is -0.484 e. The van der Waals surface area contributed by atoms with E-state index in [1.165, 1.54) is 0 Å². The van der Waals surface area contributed by atoms with Crippen molar-refractivity contribution < 1.29 is 9.53 Å². The summed E-state index contributed by atoms with van der Waals surface area (Å²) >= 11 is 9.36. The number of carbonyl (C=O) groups excluding carboxylic acids is 1. The fourth-order valence-electron chi connectivity index (χ4n) is 2.19. The lowest BCUT2D eigenvalue weighted by molar-refractivity contribution is 0.0850. The Morgan fingerprint density at radius 3 is 2.84 bits per heavy atom. The number of hydrogen-bond donors (Lipinski definition) is 0. The predicted octanol–water partition coefficient (Wildman–Crippen LogP) is 4.81. The Morgan fingerprint density at radius 2 is 2.05 bits per heavy atom. The minimum absolute atomic E-state index is 0.0960. The van der Waals surface area contributed by atoms with Crippen LogP contribution in [0.3, 0.4) is 0 Å². The van der Waals surface area contributed by atoms with Crippen molar-refractivity contribution in [2.24, 2.45) is 0 Å². The Hall–Kier alpha value is -1.32. The first-order chi connectivity index (χ1) is 9.13. The summed E-state index contributed by atoms with van der Waals surface area (Å²) < 4.78 is 6.81. The van der Waals surface area contributed by atoms with Crippen LogP contribution in [0.1, 0.15) is 28.4 Å². The van der Waals surface area contributed by atoms with E-state index < -0.39 is 0 Å². The van der Waals surface area contributed by atoms with Crippen molar-refractivity contribution in [1.82, 2.24) is 0 Å². The number of benzene rings is 2. The van der Waals surface area contributed by atoms with E-state index in [4.69, 9.17) is 16.3 Å². The van der Waals surface area contributed by atoms with Crippen LogP contribution in [0.5, 0.6) is 5.75 Å². The van der Waals surface area contributed by atoms with Gasteiger partial charge < -0.3 is 4.74 Å². The Kier molecular flexibility index (Phi) is 3.33. The summed E-state index contributed by atoms with van der Waals surface area (Å²) in [4.78, 5) is 12.1. The molecule has 1 aliphatic rings. The SMILES string of the molecule is O=C1CC(c2cccc(Cl)c2)Oc2cc(Br)ccc21. The summed E-state index contributed by atoms with van der Waals surface area (Å²) in [5.41, 5.74) is 1.56. The summed E-state index contributed by atoms with van der Waals surface area (Å²) in [6.45, 7) is 0. The highest BCUT2D eigenvalue weighted by Crippen LogP contribution is 2.36.